The van der Waals surface area contributed by atoms with Gasteiger partial charge in [-0.1, -0.05) is 18.2 Å². The minimum Gasteiger partial charge on any atom is -0.493 e. The number of hydrogen-bond donors (Lipinski definition) is 1. The molecule has 0 aliphatic carbocycles. The lowest BCUT2D eigenvalue weighted by Crippen LogP contribution is -2.10. The average Bonchev–Trinajstić information content (AvgIpc) is 3.44. The predicted molar refractivity (Wildman–Crippen MR) is 128 cm³/mol. The second-order valence-electron chi connectivity index (χ2n) is 7.77. The van der Waals surface area contributed by atoms with Gasteiger partial charge < -0.3 is 23.6 Å². The zero-order chi connectivity index (χ0) is 23.8. The number of rotatable bonds is 6. The monoisotopic (exact) mass is 455 g/mol. The molecular weight excluding hydrogens is 434 g/mol. The summed E-state index contributed by atoms with van der Waals surface area (Å²) in [5.41, 5.74) is 2.84. The molecule has 0 saturated carbocycles. The van der Waals surface area contributed by atoms with Gasteiger partial charge in [0, 0.05) is 27.6 Å². The molecule has 5 aromatic rings. The fourth-order valence-electron chi connectivity index (χ4n) is 3.91. The molecule has 0 radical (unpaired) electrons. The second kappa shape index (κ2) is 8.44. The summed E-state index contributed by atoms with van der Waals surface area (Å²) in [5.74, 6) is 0.793. The molecule has 0 aliphatic rings. The Hall–Kier alpha value is -4.52. The molecule has 1 amide bonds. The highest BCUT2D eigenvalue weighted by Crippen LogP contribution is 2.32. The van der Waals surface area contributed by atoms with E-state index in [0.29, 0.717) is 39.5 Å². The van der Waals surface area contributed by atoms with Crippen molar-refractivity contribution in [2.24, 2.45) is 0 Å². The maximum atomic E-state index is 13.2. The quantitative estimate of drug-likeness (QED) is 0.316. The second-order valence-corrected chi connectivity index (χ2v) is 7.77. The summed E-state index contributed by atoms with van der Waals surface area (Å²) in [6, 6.07) is 19.3. The summed E-state index contributed by atoms with van der Waals surface area (Å²) in [5, 5.41) is 4.43. The number of aryl methyl sites for hydroxylation is 1. The minimum atomic E-state index is -0.363. The highest BCUT2D eigenvalue weighted by molar-refractivity contribution is 6.11. The van der Waals surface area contributed by atoms with Crippen LogP contribution in [0.3, 0.4) is 0 Å². The number of nitrogens with one attached hydrogen (secondary N) is 1. The van der Waals surface area contributed by atoms with E-state index in [1.165, 1.54) is 14.2 Å². The molecular formula is C27H21NO6. The number of furan rings is 2. The Morgan fingerprint density at radius 2 is 1.62 bits per heavy atom. The first kappa shape index (κ1) is 21.3. The first-order valence-corrected chi connectivity index (χ1v) is 10.6. The van der Waals surface area contributed by atoms with E-state index in [4.69, 9.17) is 18.3 Å². The fraction of sp³-hybridized carbons (Fsp3) is 0.111. The molecule has 170 valence electrons. The van der Waals surface area contributed by atoms with Gasteiger partial charge in [0.15, 0.2) is 23.0 Å². The largest absolute Gasteiger partial charge is 0.493 e. The van der Waals surface area contributed by atoms with Crippen molar-refractivity contribution in [1.29, 1.82) is 0 Å². The van der Waals surface area contributed by atoms with Crippen LogP contribution in [0.5, 0.6) is 11.5 Å². The lowest BCUT2D eigenvalue weighted by molar-refractivity contribution is 0.0995. The van der Waals surface area contributed by atoms with Crippen molar-refractivity contribution >= 4 is 39.3 Å². The Labute approximate surface area is 194 Å². The number of para-hydroxylation sites is 1. The van der Waals surface area contributed by atoms with Gasteiger partial charge in [-0.15, -0.1) is 0 Å². The Morgan fingerprint density at radius 3 is 2.38 bits per heavy atom. The summed E-state index contributed by atoms with van der Waals surface area (Å²) in [7, 11) is 3.05. The van der Waals surface area contributed by atoms with Crippen molar-refractivity contribution in [1.82, 2.24) is 0 Å². The van der Waals surface area contributed by atoms with Gasteiger partial charge in [0.1, 0.15) is 11.2 Å². The third kappa shape index (κ3) is 3.67. The van der Waals surface area contributed by atoms with Gasteiger partial charge in [0.05, 0.1) is 14.2 Å². The van der Waals surface area contributed by atoms with E-state index in [0.717, 1.165) is 10.8 Å². The molecule has 0 unspecified atom stereocenters. The maximum absolute atomic E-state index is 13.2. The number of benzene rings is 3. The number of methoxy groups -OCH3 is 2. The maximum Gasteiger partial charge on any atom is 0.291 e. The molecule has 0 aliphatic heterocycles. The van der Waals surface area contributed by atoms with E-state index in [1.54, 1.807) is 42.5 Å². The van der Waals surface area contributed by atoms with E-state index < -0.39 is 0 Å². The Bertz CT molecular complexity index is 1530. The van der Waals surface area contributed by atoms with Gasteiger partial charge in [-0.3, -0.25) is 9.59 Å². The standard InChI is InChI=1S/C27H21NO6/c1-15-19-14-18(28-27(30)24-12-16-6-4-5-7-20(16)33-24)9-11-21(19)34-26(15)25(29)17-8-10-22(31-2)23(13-17)32-3/h4-14H,1-3H3,(H,28,30). The SMILES string of the molecule is COc1ccc(C(=O)c2oc3ccc(NC(=O)c4cc5ccccc5o4)cc3c2C)cc1OC. The fourth-order valence-corrected chi connectivity index (χ4v) is 3.91. The van der Waals surface area contributed by atoms with Crippen molar-refractivity contribution in [3.8, 4) is 11.5 Å². The zero-order valence-electron chi connectivity index (χ0n) is 18.8. The number of hydrogen-bond acceptors (Lipinski definition) is 6. The van der Waals surface area contributed by atoms with E-state index in [2.05, 4.69) is 5.32 Å². The van der Waals surface area contributed by atoms with Gasteiger partial charge in [0.2, 0.25) is 5.78 Å². The molecule has 0 saturated heterocycles. The molecule has 34 heavy (non-hydrogen) atoms. The number of ether oxygens (including phenoxy) is 2. The van der Waals surface area contributed by atoms with Crippen LogP contribution in [-0.2, 0) is 0 Å². The number of ketones is 1. The number of carbonyl (C=O) groups excluding carboxylic acids is 2. The van der Waals surface area contributed by atoms with Gasteiger partial charge in [-0.2, -0.15) is 0 Å². The van der Waals surface area contributed by atoms with Crippen LogP contribution in [0.4, 0.5) is 5.69 Å². The number of fused-ring (bicyclic) bond motifs is 2. The van der Waals surface area contributed by atoms with Crippen LogP contribution in [0.1, 0.15) is 32.2 Å². The molecule has 3 aromatic carbocycles. The summed E-state index contributed by atoms with van der Waals surface area (Å²) >= 11 is 0. The van der Waals surface area contributed by atoms with Crippen LogP contribution in [0.2, 0.25) is 0 Å². The van der Waals surface area contributed by atoms with Gasteiger partial charge in [-0.05, 0) is 55.5 Å². The average molecular weight is 455 g/mol. The molecule has 2 aromatic heterocycles. The predicted octanol–water partition coefficient (Wildman–Crippen LogP) is 5.99. The van der Waals surface area contributed by atoms with Crippen molar-refractivity contribution in [3.63, 3.8) is 0 Å². The van der Waals surface area contributed by atoms with Crippen molar-refractivity contribution in [3.05, 3.63) is 89.4 Å². The third-order valence-electron chi connectivity index (χ3n) is 5.70. The molecule has 7 nitrogen and oxygen atoms in total. The van der Waals surface area contributed by atoms with Crippen molar-refractivity contribution < 1.29 is 27.9 Å². The van der Waals surface area contributed by atoms with Crippen LogP contribution in [0, 0.1) is 6.92 Å². The van der Waals surface area contributed by atoms with Gasteiger partial charge in [-0.25, -0.2) is 0 Å². The van der Waals surface area contributed by atoms with Crippen LogP contribution in [-0.4, -0.2) is 25.9 Å². The Morgan fingerprint density at radius 1 is 0.824 bits per heavy atom. The minimum absolute atomic E-state index is 0.217. The van der Waals surface area contributed by atoms with E-state index in [-0.39, 0.29) is 23.2 Å². The third-order valence-corrected chi connectivity index (χ3v) is 5.70. The first-order valence-electron chi connectivity index (χ1n) is 10.6. The summed E-state index contributed by atoms with van der Waals surface area (Å²) in [4.78, 5) is 25.9. The van der Waals surface area contributed by atoms with Crippen LogP contribution >= 0.6 is 0 Å². The van der Waals surface area contributed by atoms with Crippen LogP contribution < -0.4 is 14.8 Å². The number of amides is 1. The van der Waals surface area contributed by atoms with Crippen LogP contribution in [0.15, 0.2) is 75.6 Å². The van der Waals surface area contributed by atoms with Gasteiger partial charge in [0.25, 0.3) is 5.91 Å². The normalized spacial score (nSPS) is 11.0. The van der Waals surface area contributed by atoms with Crippen molar-refractivity contribution in [2.75, 3.05) is 19.5 Å². The molecule has 1 N–H and O–H groups in total. The topological polar surface area (TPSA) is 90.9 Å². The molecule has 7 heteroatoms. The smallest absolute Gasteiger partial charge is 0.291 e. The molecule has 2 heterocycles. The number of carbonyl (C=O) groups is 2. The summed E-state index contributed by atoms with van der Waals surface area (Å²) in [6.07, 6.45) is 0. The lowest BCUT2D eigenvalue weighted by atomic mass is 10.0. The van der Waals surface area contributed by atoms with E-state index >= 15 is 0 Å². The molecule has 5 rings (SSSR count). The lowest BCUT2D eigenvalue weighted by Gasteiger charge is -2.08. The Kier molecular flexibility index (Phi) is 5.30. The Balaban J connectivity index is 1.44. The highest BCUT2D eigenvalue weighted by Gasteiger charge is 2.21. The summed E-state index contributed by atoms with van der Waals surface area (Å²) < 4.78 is 22.1. The zero-order valence-corrected chi connectivity index (χ0v) is 18.8. The number of anilines is 1. The highest BCUT2D eigenvalue weighted by atomic mass is 16.5. The first-order chi connectivity index (χ1) is 16.5. The van der Waals surface area contributed by atoms with Crippen molar-refractivity contribution in [2.45, 2.75) is 6.92 Å². The molecule has 0 atom stereocenters. The summed E-state index contributed by atoms with van der Waals surface area (Å²) in [6.45, 7) is 1.81. The van der Waals surface area contributed by atoms with Crippen LogP contribution in [0.25, 0.3) is 21.9 Å². The van der Waals surface area contributed by atoms with Gasteiger partial charge >= 0.3 is 0 Å². The molecule has 0 bridgehead atoms. The van der Waals surface area contributed by atoms with E-state index in [9.17, 15) is 9.59 Å². The van der Waals surface area contributed by atoms with E-state index in [1.807, 2.05) is 31.2 Å². The molecule has 0 spiro atoms. The molecule has 0 fully saturated rings.